The van der Waals surface area contributed by atoms with E-state index in [4.69, 9.17) is 0 Å². The van der Waals surface area contributed by atoms with Gasteiger partial charge in [-0.2, -0.15) is 0 Å². The van der Waals surface area contributed by atoms with E-state index in [0.717, 1.165) is 64.5 Å². The predicted molar refractivity (Wildman–Crippen MR) is 107 cm³/mol. The van der Waals surface area contributed by atoms with Crippen LogP contribution in [-0.4, -0.2) is 81.8 Å². The third kappa shape index (κ3) is 3.58. The average molecular weight is 393 g/mol. The lowest BCUT2D eigenvalue weighted by molar-refractivity contribution is -0.0114. The molecule has 1 aliphatic carbocycles. The number of carbonyl (C=O) groups excluding carboxylic acids is 1. The summed E-state index contributed by atoms with van der Waals surface area (Å²) in [5.74, 6) is 0. The first-order chi connectivity index (χ1) is 13.5. The maximum Gasteiger partial charge on any atom is 0.407 e. The second-order valence-corrected chi connectivity index (χ2v) is 9.28. The van der Waals surface area contributed by atoms with Gasteiger partial charge in [0.1, 0.15) is 0 Å². The van der Waals surface area contributed by atoms with Gasteiger partial charge in [-0.25, -0.2) is 9.59 Å². The molecular formula is C21H36N4O3. The third-order valence-electron chi connectivity index (χ3n) is 7.84. The van der Waals surface area contributed by atoms with Crippen LogP contribution in [0.5, 0.6) is 0 Å². The van der Waals surface area contributed by atoms with Crippen molar-refractivity contribution in [2.45, 2.75) is 94.8 Å². The highest BCUT2D eigenvalue weighted by molar-refractivity contribution is 5.78. The molecule has 0 radical (unpaired) electrons. The van der Waals surface area contributed by atoms with Crippen LogP contribution >= 0.6 is 0 Å². The van der Waals surface area contributed by atoms with Crippen molar-refractivity contribution in [2.75, 3.05) is 26.2 Å². The smallest absolute Gasteiger partial charge is 0.407 e. The van der Waals surface area contributed by atoms with Crippen LogP contribution < -0.4 is 5.32 Å². The Morgan fingerprint density at radius 1 is 1.11 bits per heavy atom. The molecule has 0 aromatic carbocycles. The Bertz CT molecular complexity index is 582. The van der Waals surface area contributed by atoms with Gasteiger partial charge in [-0.05, 0) is 44.9 Å². The van der Waals surface area contributed by atoms with Gasteiger partial charge in [0.05, 0.1) is 12.1 Å². The summed E-state index contributed by atoms with van der Waals surface area (Å²) in [5.41, 5.74) is 0.145. The fraction of sp³-hybridized carbons (Fsp3) is 0.905. The average Bonchev–Trinajstić information content (AvgIpc) is 3.04. The number of hydrogen-bond donors (Lipinski definition) is 2. The molecule has 0 aromatic rings. The molecule has 0 spiro atoms. The minimum Gasteiger partial charge on any atom is -0.465 e. The van der Waals surface area contributed by atoms with E-state index in [1.54, 1.807) is 4.90 Å². The highest BCUT2D eigenvalue weighted by atomic mass is 16.4. The Hall–Kier alpha value is -1.50. The molecule has 2 atom stereocenters. The van der Waals surface area contributed by atoms with Gasteiger partial charge < -0.3 is 20.2 Å². The minimum absolute atomic E-state index is 0.145. The predicted octanol–water partition coefficient (Wildman–Crippen LogP) is 3.10. The van der Waals surface area contributed by atoms with Gasteiger partial charge >= 0.3 is 12.1 Å². The number of hydrogen-bond acceptors (Lipinski definition) is 3. The minimum atomic E-state index is -0.786. The quantitative estimate of drug-likeness (QED) is 0.771. The van der Waals surface area contributed by atoms with Crippen LogP contribution in [0.15, 0.2) is 0 Å². The van der Waals surface area contributed by atoms with Crippen LogP contribution in [-0.2, 0) is 0 Å². The zero-order valence-corrected chi connectivity index (χ0v) is 17.2. The molecule has 4 aliphatic rings. The summed E-state index contributed by atoms with van der Waals surface area (Å²) >= 11 is 0. The number of piperidine rings is 2. The molecule has 28 heavy (non-hydrogen) atoms. The first-order valence-corrected chi connectivity index (χ1v) is 11.4. The fourth-order valence-electron chi connectivity index (χ4n) is 6.36. The van der Waals surface area contributed by atoms with E-state index < -0.39 is 6.09 Å². The van der Waals surface area contributed by atoms with Gasteiger partial charge in [0, 0.05) is 37.8 Å². The van der Waals surface area contributed by atoms with Crippen LogP contribution in [0.2, 0.25) is 0 Å². The monoisotopic (exact) mass is 392 g/mol. The molecule has 2 N–H and O–H groups in total. The molecule has 0 unspecified atom stereocenters. The van der Waals surface area contributed by atoms with E-state index in [9.17, 15) is 14.7 Å². The Labute approximate surface area is 168 Å². The van der Waals surface area contributed by atoms with Crippen molar-refractivity contribution in [2.24, 2.45) is 0 Å². The number of carboxylic acid groups (broad SMARTS) is 1. The zero-order valence-electron chi connectivity index (χ0n) is 17.2. The van der Waals surface area contributed by atoms with Crippen molar-refractivity contribution in [1.82, 2.24) is 20.0 Å². The van der Waals surface area contributed by atoms with Crippen molar-refractivity contribution in [1.29, 1.82) is 0 Å². The van der Waals surface area contributed by atoms with E-state index in [2.05, 4.69) is 22.0 Å². The number of rotatable bonds is 4. The topological polar surface area (TPSA) is 76.1 Å². The van der Waals surface area contributed by atoms with Gasteiger partial charge in [-0.15, -0.1) is 0 Å². The molecule has 0 bridgehead atoms. The molecule has 3 amide bonds. The number of nitrogens with one attached hydrogen (secondary N) is 1. The largest absolute Gasteiger partial charge is 0.465 e. The fourth-order valence-corrected chi connectivity index (χ4v) is 6.36. The van der Waals surface area contributed by atoms with Crippen molar-refractivity contribution < 1.29 is 14.7 Å². The Kier molecular flexibility index (Phi) is 5.72. The Morgan fingerprint density at radius 3 is 2.43 bits per heavy atom. The highest BCUT2D eigenvalue weighted by Crippen LogP contribution is 2.38. The van der Waals surface area contributed by atoms with Crippen molar-refractivity contribution in [3.8, 4) is 0 Å². The summed E-state index contributed by atoms with van der Waals surface area (Å²) in [6, 6.07) is 1.29. The van der Waals surface area contributed by atoms with E-state index >= 15 is 0 Å². The lowest BCUT2D eigenvalue weighted by Crippen LogP contribution is -2.60. The molecule has 1 saturated carbocycles. The van der Waals surface area contributed by atoms with Crippen molar-refractivity contribution in [3.63, 3.8) is 0 Å². The van der Waals surface area contributed by atoms with E-state index in [1.807, 2.05) is 0 Å². The number of likely N-dealkylation sites (tertiary alicyclic amines) is 2. The van der Waals surface area contributed by atoms with Gasteiger partial charge in [-0.1, -0.05) is 26.2 Å². The third-order valence-corrected chi connectivity index (χ3v) is 7.84. The van der Waals surface area contributed by atoms with E-state index in [-0.39, 0.29) is 11.6 Å². The summed E-state index contributed by atoms with van der Waals surface area (Å²) in [7, 11) is 0. The van der Waals surface area contributed by atoms with Crippen LogP contribution in [0.25, 0.3) is 0 Å². The number of fused-ring (bicyclic) bond motifs is 1. The Balaban J connectivity index is 1.38. The number of nitrogens with zero attached hydrogens (tertiary/aromatic N) is 3. The second-order valence-electron chi connectivity index (χ2n) is 9.28. The molecular weight excluding hydrogens is 356 g/mol. The Morgan fingerprint density at radius 2 is 1.79 bits per heavy atom. The maximum absolute atomic E-state index is 12.6. The van der Waals surface area contributed by atoms with E-state index in [0.29, 0.717) is 31.2 Å². The standard InChI is InChI=1S/C21H36N4O3/c1-2-9-21(10-14-23(15-11-21)20(27)28)24-12-7-16(8-13-24)25-18-6-4-3-5-17(18)22-19(25)26/h16-18H,2-15H2,1H3,(H,22,26)(H,27,28)/t17-,18-/m0/s1. The normalized spacial score (nSPS) is 31.5. The SMILES string of the molecule is CCCC1(N2CCC(N3C(=O)N[C@H]4CCCC[C@@H]43)CC2)CCN(C(=O)O)CC1. The molecule has 0 aromatic heterocycles. The molecule has 158 valence electrons. The summed E-state index contributed by atoms with van der Waals surface area (Å²) in [6.07, 6.45) is 10.2. The van der Waals surface area contributed by atoms with Crippen molar-refractivity contribution in [3.05, 3.63) is 0 Å². The molecule has 7 nitrogen and oxygen atoms in total. The van der Waals surface area contributed by atoms with Crippen LogP contribution in [0.3, 0.4) is 0 Å². The highest BCUT2D eigenvalue weighted by Gasteiger charge is 2.46. The van der Waals surface area contributed by atoms with Crippen LogP contribution in [0.1, 0.15) is 71.1 Å². The first kappa shape index (κ1) is 19.8. The molecule has 3 heterocycles. The lowest BCUT2D eigenvalue weighted by atomic mass is 9.80. The zero-order chi connectivity index (χ0) is 19.7. The molecule has 4 fully saturated rings. The van der Waals surface area contributed by atoms with Gasteiger partial charge in [0.2, 0.25) is 0 Å². The molecule has 3 saturated heterocycles. The summed E-state index contributed by atoms with van der Waals surface area (Å²) in [4.78, 5) is 30.3. The van der Waals surface area contributed by atoms with Crippen molar-refractivity contribution >= 4 is 12.1 Å². The molecule has 4 rings (SSSR count). The number of carbonyl (C=O) groups is 2. The maximum atomic E-state index is 12.6. The number of amides is 3. The first-order valence-electron chi connectivity index (χ1n) is 11.4. The van der Waals surface area contributed by atoms with Crippen LogP contribution in [0, 0.1) is 0 Å². The molecule has 7 heteroatoms. The lowest BCUT2D eigenvalue weighted by Gasteiger charge is -2.52. The summed E-state index contributed by atoms with van der Waals surface area (Å²) < 4.78 is 0. The summed E-state index contributed by atoms with van der Waals surface area (Å²) in [6.45, 7) is 5.58. The second kappa shape index (κ2) is 8.09. The van der Waals surface area contributed by atoms with Gasteiger partial charge in [0.25, 0.3) is 0 Å². The number of urea groups is 1. The summed E-state index contributed by atoms with van der Waals surface area (Å²) in [5, 5.41) is 12.5. The molecule has 3 aliphatic heterocycles. The van der Waals surface area contributed by atoms with Gasteiger partial charge in [0.15, 0.2) is 0 Å². The van der Waals surface area contributed by atoms with E-state index in [1.165, 1.54) is 12.8 Å². The van der Waals surface area contributed by atoms with Gasteiger partial charge in [-0.3, -0.25) is 4.90 Å². The van der Waals surface area contributed by atoms with Crippen LogP contribution in [0.4, 0.5) is 9.59 Å².